The highest BCUT2D eigenvalue weighted by Crippen LogP contribution is 2.30. The first-order chi connectivity index (χ1) is 10.1. The van der Waals surface area contributed by atoms with Crippen molar-refractivity contribution < 1.29 is 17.6 Å². The van der Waals surface area contributed by atoms with Crippen LogP contribution in [0.4, 0.5) is 18.9 Å². The molecule has 108 valence electrons. The molecule has 2 nitrogen and oxygen atoms in total. The van der Waals surface area contributed by atoms with E-state index in [4.69, 9.17) is 16.0 Å². The topological polar surface area (TPSA) is 25.2 Å². The summed E-state index contributed by atoms with van der Waals surface area (Å²) in [6.45, 7) is 0.123. The van der Waals surface area contributed by atoms with Crippen LogP contribution in [0.15, 0.2) is 40.8 Å². The lowest BCUT2D eigenvalue weighted by atomic mass is 10.1. The lowest BCUT2D eigenvalue weighted by molar-refractivity contribution is 0.449. The molecule has 0 atom stereocenters. The standard InChI is InChI=1S/C15H9ClF3NO/c16-15-9(8-3-1-2-4-12(8)21-15)7-20-11-6-5-10(17)13(18)14(11)19/h1-6,20H,7H2. The van der Waals surface area contributed by atoms with Gasteiger partial charge in [0.2, 0.25) is 0 Å². The van der Waals surface area contributed by atoms with Gasteiger partial charge in [-0.3, -0.25) is 0 Å². The summed E-state index contributed by atoms with van der Waals surface area (Å²) in [6.07, 6.45) is 0. The normalized spacial score (nSPS) is 11.0. The van der Waals surface area contributed by atoms with E-state index in [0.29, 0.717) is 11.1 Å². The second-order valence-electron chi connectivity index (χ2n) is 4.43. The van der Waals surface area contributed by atoms with E-state index < -0.39 is 17.5 Å². The number of hydrogen-bond acceptors (Lipinski definition) is 2. The molecule has 0 unspecified atom stereocenters. The average molecular weight is 312 g/mol. The first kappa shape index (κ1) is 13.8. The van der Waals surface area contributed by atoms with Crippen molar-refractivity contribution in [3.63, 3.8) is 0 Å². The van der Waals surface area contributed by atoms with Crippen LogP contribution in [0.3, 0.4) is 0 Å². The highest BCUT2D eigenvalue weighted by Gasteiger charge is 2.15. The summed E-state index contributed by atoms with van der Waals surface area (Å²) in [6, 6.07) is 9.16. The zero-order valence-corrected chi connectivity index (χ0v) is 11.3. The largest absolute Gasteiger partial charge is 0.444 e. The van der Waals surface area contributed by atoms with Crippen LogP contribution >= 0.6 is 11.6 Å². The number of benzene rings is 2. The third-order valence-electron chi connectivity index (χ3n) is 3.14. The Hall–Kier alpha value is -2.14. The van der Waals surface area contributed by atoms with Gasteiger partial charge < -0.3 is 9.73 Å². The van der Waals surface area contributed by atoms with Gasteiger partial charge in [-0.25, -0.2) is 13.2 Å². The van der Waals surface area contributed by atoms with E-state index in [2.05, 4.69) is 5.32 Å². The molecule has 1 N–H and O–H groups in total. The number of furan rings is 1. The molecule has 3 rings (SSSR count). The van der Waals surface area contributed by atoms with Crippen LogP contribution in [0.1, 0.15) is 5.56 Å². The van der Waals surface area contributed by atoms with Crippen LogP contribution < -0.4 is 5.32 Å². The molecule has 21 heavy (non-hydrogen) atoms. The Bertz CT molecular complexity index is 816. The fourth-order valence-corrected chi connectivity index (χ4v) is 2.33. The van der Waals surface area contributed by atoms with Gasteiger partial charge in [-0.1, -0.05) is 18.2 Å². The summed E-state index contributed by atoms with van der Waals surface area (Å²) in [4.78, 5) is 0. The van der Waals surface area contributed by atoms with E-state index in [1.807, 2.05) is 12.1 Å². The van der Waals surface area contributed by atoms with Crippen molar-refractivity contribution in [3.8, 4) is 0 Å². The van der Waals surface area contributed by atoms with E-state index in [0.717, 1.165) is 17.5 Å². The van der Waals surface area contributed by atoms with E-state index in [9.17, 15) is 13.2 Å². The minimum Gasteiger partial charge on any atom is -0.444 e. The molecule has 0 spiro atoms. The minimum atomic E-state index is -1.51. The smallest absolute Gasteiger partial charge is 0.199 e. The van der Waals surface area contributed by atoms with E-state index >= 15 is 0 Å². The quantitative estimate of drug-likeness (QED) is 0.679. The predicted octanol–water partition coefficient (Wildman–Crippen LogP) is 5.12. The number of nitrogens with one attached hydrogen (secondary N) is 1. The fourth-order valence-electron chi connectivity index (χ4n) is 2.08. The summed E-state index contributed by atoms with van der Waals surface area (Å²) >= 11 is 6.00. The number of rotatable bonds is 3. The lowest BCUT2D eigenvalue weighted by Crippen LogP contribution is -2.04. The molecular weight excluding hydrogens is 303 g/mol. The van der Waals surface area contributed by atoms with Gasteiger partial charge in [0, 0.05) is 17.5 Å². The molecule has 2 aromatic carbocycles. The molecule has 6 heteroatoms. The Balaban J connectivity index is 1.91. The SMILES string of the molecule is Fc1ccc(NCc2c(Cl)oc3ccccc23)c(F)c1F. The molecule has 0 bridgehead atoms. The predicted molar refractivity (Wildman–Crippen MR) is 74.9 cm³/mol. The average Bonchev–Trinajstić information content (AvgIpc) is 2.80. The second kappa shape index (κ2) is 5.33. The van der Waals surface area contributed by atoms with Crippen LogP contribution in [0.2, 0.25) is 5.22 Å². The van der Waals surface area contributed by atoms with Gasteiger partial charge in [0.25, 0.3) is 0 Å². The minimum absolute atomic E-state index is 0.123. The van der Waals surface area contributed by atoms with E-state index in [1.54, 1.807) is 12.1 Å². The summed E-state index contributed by atoms with van der Waals surface area (Å²) in [7, 11) is 0. The van der Waals surface area contributed by atoms with Crippen molar-refractivity contribution in [2.75, 3.05) is 5.32 Å². The highest BCUT2D eigenvalue weighted by atomic mass is 35.5. The zero-order valence-electron chi connectivity index (χ0n) is 10.6. The number of halogens is 4. The van der Waals surface area contributed by atoms with Crippen LogP contribution in [0, 0.1) is 17.5 Å². The first-order valence-electron chi connectivity index (χ1n) is 6.11. The second-order valence-corrected chi connectivity index (χ2v) is 4.77. The third kappa shape index (κ3) is 2.45. The maximum Gasteiger partial charge on any atom is 0.199 e. The van der Waals surface area contributed by atoms with Crippen molar-refractivity contribution in [2.45, 2.75) is 6.54 Å². The molecule has 0 aliphatic carbocycles. The first-order valence-corrected chi connectivity index (χ1v) is 6.49. The molecule has 0 aliphatic rings. The van der Waals surface area contributed by atoms with Gasteiger partial charge in [-0.2, -0.15) is 0 Å². The number of para-hydroxylation sites is 1. The molecule has 0 amide bonds. The summed E-state index contributed by atoms with van der Waals surface area (Å²) < 4.78 is 45.0. The van der Waals surface area contributed by atoms with Crippen LogP contribution in [-0.4, -0.2) is 0 Å². The number of hydrogen-bond donors (Lipinski definition) is 1. The lowest BCUT2D eigenvalue weighted by Gasteiger charge is -2.08. The summed E-state index contributed by atoms with van der Waals surface area (Å²) in [5.41, 5.74) is 1.08. The molecule has 0 radical (unpaired) electrons. The molecule has 0 aliphatic heterocycles. The van der Waals surface area contributed by atoms with Gasteiger partial charge in [0.05, 0.1) is 5.69 Å². The maximum atomic E-state index is 13.6. The van der Waals surface area contributed by atoms with Crippen molar-refractivity contribution in [1.29, 1.82) is 0 Å². The van der Waals surface area contributed by atoms with Gasteiger partial charge in [0.15, 0.2) is 22.7 Å². The molecule has 0 saturated carbocycles. The van der Waals surface area contributed by atoms with Crippen molar-refractivity contribution in [3.05, 3.63) is 64.6 Å². The van der Waals surface area contributed by atoms with Gasteiger partial charge in [0.1, 0.15) is 5.58 Å². The summed E-state index contributed by atoms with van der Waals surface area (Å²) in [5.74, 6) is -4.01. The molecule has 3 aromatic rings. The molecule has 1 aromatic heterocycles. The van der Waals surface area contributed by atoms with Crippen LogP contribution in [0.5, 0.6) is 0 Å². The monoisotopic (exact) mass is 311 g/mol. The van der Waals surface area contributed by atoms with Crippen molar-refractivity contribution in [1.82, 2.24) is 0 Å². The van der Waals surface area contributed by atoms with Crippen molar-refractivity contribution >= 4 is 28.3 Å². The van der Waals surface area contributed by atoms with Crippen LogP contribution in [0.25, 0.3) is 11.0 Å². The Morgan fingerprint density at radius 3 is 2.57 bits per heavy atom. The number of anilines is 1. The Kier molecular flexibility index (Phi) is 3.51. The number of fused-ring (bicyclic) bond motifs is 1. The maximum absolute atomic E-state index is 13.6. The summed E-state index contributed by atoms with van der Waals surface area (Å²) in [5, 5.41) is 3.64. The molecule has 1 heterocycles. The van der Waals surface area contributed by atoms with Crippen LogP contribution in [-0.2, 0) is 6.54 Å². The molecular formula is C15H9ClF3NO. The zero-order chi connectivity index (χ0) is 15.0. The Morgan fingerprint density at radius 1 is 1.00 bits per heavy atom. The van der Waals surface area contributed by atoms with E-state index in [1.165, 1.54) is 0 Å². The fraction of sp³-hybridized carbons (Fsp3) is 0.0667. The van der Waals surface area contributed by atoms with Gasteiger partial charge in [-0.05, 0) is 29.8 Å². The van der Waals surface area contributed by atoms with Gasteiger partial charge in [-0.15, -0.1) is 0 Å². The molecule has 0 fully saturated rings. The third-order valence-corrected chi connectivity index (χ3v) is 3.45. The van der Waals surface area contributed by atoms with Crippen molar-refractivity contribution in [2.24, 2.45) is 0 Å². The van der Waals surface area contributed by atoms with Gasteiger partial charge >= 0.3 is 0 Å². The van der Waals surface area contributed by atoms with E-state index in [-0.39, 0.29) is 17.5 Å². The molecule has 0 saturated heterocycles. The Morgan fingerprint density at radius 2 is 1.76 bits per heavy atom. The Labute approximate surface area is 123 Å². The highest BCUT2D eigenvalue weighted by molar-refractivity contribution is 6.30.